The zero-order valence-corrected chi connectivity index (χ0v) is 27.5. The van der Waals surface area contributed by atoms with E-state index in [1.54, 1.807) is 0 Å². The van der Waals surface area contributed by atoms with Crippen molar-refractivity contribution in [3.8, 4) is 44.5 Å². The molecule has 0 amide bonds. The molecule has 0 aromatic heterocycles. The Morgan fingerprint density at radius 2 is 0.660 bits per heavy atom. The minimum Gasteiger partial charge on any atom is -0.0622 e. The predicted octanol–water partition coefficient (Wildman–Crippen LogP) is 14.1. The highest BCUT2D eigenvalue weighted by Crippen LogP contribution is 2.46. The van der Waals surface area contributed by atoms with Crippen LogP contribution in [0.4, 0.5) is 0 Å². The smallest absolute Gasteiger partial charge is 0.00199 e. The third-order valence-corrected chi connectivity index (χ3v) is 10.4. The molecule has 0 saturated heterocycles. The van der Waals surface area contributed by atoms with Crippen LogP contribution in [0.3, 0.4) is 0 Å². The molecular formula is C50H32. The molecule has 0 fully saturated rings. The van der Waals surface area contributed by atoms with Crippen LogP contribution in [-0.2, 0) is 0 Å². The average Bonchev–Trinajstić information content (AvgIpc) is 3.19. The number of rotatable bonds is 4. The van der Waals surface area contributed by atoms with Gasteiger partial charge in [0.05, 0.1) is 0 Å². The van der Waals surface area contributed by atoms with Gasteiger partial charge in [-0.15, -0.1) is 0 Å². The first kappa shape index (κ1) is 28.5. The third kappa shape index (κ3) is 4.61. The van der Waals surface area contributed by atoms with Crippen molar-refractivity contribution in [3.05, 3.63) is 194 Å². The summed E-state index contributed by atoms with van der Waals surface area (Å²) in [7, 11) is 0. The summed E-state index contributed by atoms with van der Waals surface area (Å²) >= 11 is 0. The van der Waals surface area contributed by atoms with Crippen molar-refractivity contribution in [3.63, 3.8) is 0 Å². The molecule has 0 nitrogen and oxygen atoms in total. The number of benzene rings is 10. The Balaban J connectivity index is 1.14. The molecule has 0 atom stereocenters. The zero-order valence-electron chi connectivity index (χ0n) is 27.5. The lowest BCUT2D eigenvalue weighted by Gasteiger charge is -2.19. The van der Waals surface area contributed by atoms with Gasteiger partial charge in [-0.05, 0) is 111 Å². The van der Waals surface area contributed by atoms with Crippen molar-refractivity contribution in [2.24, 2.45) is 0 Å². The molecule has 0 aliphatic carbocycles. The van der Waals surface area contributed by atoms with E-state index in [9.17, 15) is 0 Å². The minimum absolute atomic E-state index is 1.23. The summed E-state index contributed by atoms with van der Waals surface area (Å²) < 4.78 is 0. The van der Waals surface area contributed by atoms with Gasteiger partial charge >= 0.3 is 0 Å². The van der Waals surface area contributed by atoms with Crippen molar-refractivity contribution < 1.29 is 0 Å². The van der Waals surface area contributed by atoms with E-state index < -0.39 is 0 Å². The van der Waals surface area contributed by atoms with Crippen LogP contribution >= 0.6 is 0 Å². The summed E-state index contributed by atoms with van der Waals surface area (Å²) in [6.45, 7) is 0. The highest BCUT2D eigenvalue weighted by Gasteiger charge is 2.19. The number of hydrogen-bond acceptors (Lipinski definition) is 0. The number of hydrogen-bond donors (Lipinski definition) is 0. The Morgan fingerprint density at radius 3 is 1.34 bits per heavy atom. The Hall–Kier alpha value is -6.50. The summed E-state index contributed by atoms with van der Waals surface area (Å²) in [4.78, 5) is 0. The number of fused-ring (bicyclic) bond motifs is 6. The van der Waals surface area contributed by atoms with Crippen molar-refractivity contribution >= 4 is 53.9 Å². The molecule has 0 N–H and O–H groups in total. The van der Waals surface area contributed by atoms with Gasteiger partial charge in [-0.25, -0.2) is 0 Å². The van der Waals surface area contributed by atoms with E-state index in [1.807, 2.05) is 0 Å². The molecule has 0 heterocycles. The second-order valence-corrected chi connectivity index (χ2v) is 13.3. The van der Waals surface area contributed by atoms with Crippen molar-refractivity contribution in [2.45, 2.75) is 0 Å². The van der Waals surface area contributed by atoms with Crippen molar-refractivity contribution in [1.82, 2.24) is 0 Å². The molecular weight excluding hydrogens is 601 g/mol. The fourth-order valence-corrected chi connectivity index (χ4v) is 8.06. The summed E-state index contributed by atoms with van der Waals surface area (Å²) in [5.74, 6) is 0. The summed E-state index contributed by atoms with van der Waals surface area (Å²) in [5.41, 5.74) is 10.0. The first-order chi connectivity index (χ1) is 24.8. The molecule has 0 unspecified atom stereocenters. The Labute approximate surface area is 291 Å². The highest BCUT2D eigenvalue weighted by atomic mass is 14.2. The monoisotopic (exact) mass is 632 g/mol. The van der Waals surface area contributed by atoms with Crippen LogP contribution in [0.15, 0.2) is 194 Å². The van der Waals surface area contributed by atoms with Gasteiger partial charge in [0.15, 0.2) is 0 Å². The van der Waals surface area contributed by atoms with Gasteiger partial charge in [0.2, 0.25) is 0 Å². The van der Waals surface area contributed by atoms with E-state index in [2.05, 4.69) is 194 Å². The quantitative estimate of drug-likeness (QED) is 0.134. The van der Waals surface area contributed by atoms with Crippen LogP contribution in [-0.4, -0.2) is 0 Å². The van der Waals surface area contributed by atoms with E-state index >= 15 is 0 Å². The van der Waals surface area contributed by atoms with Crippen LogP contribution < -0.4 is 0 Å². The maximum absolute atomic E-state index is 2.37. The predicted molar refractivity (Wildman–Crippen MR) is 216 cm³/mol. The fourth-order valence-electron chi connectivity index (χ4n) is 8.06. The lowest BCUT2D eigenvalue weighted by Crippen LogP contribution is -1.92. The Bertz CT molecular complexity index is 2840. The van der Waals surface area contributed by atoms with Crippen molar-refractivity contribution in [2.75, 3.05) is 0 Å². The maximum atomic E-state index is 2.37. The van der Waals surface area contributed by atoms with E-state index in [-0.39, 0.29) is 0 Å². The van der Waals surface area contributed by atoms with Gasteiger partial charge in [0, 0.05) is 0 Å². The first-order valence-corrected chi connectivity index (χ1v) is 17.3. The summed E-state index contributed by atoms with van der Waals surface area (Å²) in [6.07, 6.45) is 0. The molecule has 10 aromatic rings. The average molecular weight is 633 g/mol. The maximum Gasteiger partial charge on any atom is -0.00199 e. The molecule has 0 bridgehead atoms. The van der Waals surface area contributed by atoms with Crippen molar-refractivity contribution in [1.29, 1.82) is 0 Å². The third-order valence-electron chi connectivity index (χ3n) is 10.4. The molecule has 0 spiro atoms. The molecule has 0 saturated carbocycles. The van der Waals surface area contributed by atoms with Gasteiger partial charge < -0.3 is 0 Å². The van der Waals surface area contributed by atoms with Gasteiger partial charge in [-0.1, -0.05) is 182 Å². The summed E-state index contributed by atoms with van der Waals surface area (Å²) in [6, 6.07) is 71.3. The van der Waals surface area contributed by atoms with Gasteiger partial charge in [0.1, 0.15) is 0 Å². The molecule has 0 aliphatic rings. The van der Waals surface area contributed by atoms with E-state index in [0.717, 1.165) is 0 Å². The van der Waals surface area contributed by atoms with Crippen LogP contribution in [0.25, 0.3) is 98.4 Å². The molecule has 232 valence electrons. The summed E-state index contributed by atoms with van der Waals surface area (Å²) in [5, 5.41) is 12.7. The molecule has 0 heteroatoms. The van der Waals surface area contributed by atoms with E-state index in [0.29, 0.717) is 0 Å². The lowest BCUT2D eigenvalue weighted by atomic mass is 9.83. The molecule has 10 aromatic carbocycles. The van der Waals surface area contributed by atoms with Crippen LogP contribution in [0, 0.1) is 0 Å². The van der Waals surface area contributed by atoms with Crippen LogP contribution in [0.5, 0.6) is 0 Å². The van der Waals surface area contributed by atoms with E-state index in [4.69, 9.17) is 0 Å². The minimum atomic E-state index is 1.23. The van der Waals surface area contributed by atoms with E-state index in [1.165, 1.54) is 98.4 Å². The lowest BCUT2D eigenvalue weighted by molar-refractivity contribution is 1.60. The molecule has 0 aliphatic heterocycles. The second-order valence-electron chi connectivity index (χ2n) is 13.3. The molecule has 50 heavy (non-hydrogen) atoms. The normalized spacial score (nSPS) is 11.6. The Kier molecular flexibility index (Phi) is 6.60. The SMILES string of the molecule is c1ccc(-c2ccc(-c3ccc4cc(-c5c6ccccc6c(-c6cccc7ccc8ccccc8c67)c6ccccc56)ccc4c3)cc2)cc1. The first-order valence-electron chi connectivity index (χ1n) is 17.3. The van der Waals surface area contributed by atoms with Crippen LogP contribution in [0.2, 0.25) is 0 Å². The van der Waals surface area contributed by atoms with Gasteiger partial charge in [-0.3, -0.25) is 0 Å². The largest absolute Gasteiger partial charge is 0.0622 e. The Morgan fingerprint density at radius 1 is 0.220 bits per heavy atom. The topological polar surface area (TPSA) is 0 Å². The highest BCUT2D eigenvalue weighted by molar-refractivity contribution is 6.26. The fraction of sp³-hybridized carbons (Fsp3) is 0. The standard InChI is InChI=1S/C50H32/c1-2-11-33(12-3-1)34-21-23-35(24-22-34)38-27-28-40-32-41(30-29-39(40)31-38)49-43-16-6-8-18-45(43)50(46-19-9-7-17-44(46)49)47-20-10-14-37-26-25-36-13-4-5-15-42(36)48(37)47/h1-32H. The second kappa shape index (κ2) is 11.6. The zero-order chi connectivity index (χ0) is 33.0. The molecule has 10 rings (SSSR count). The van der Waals surface area contributed by atoms with Gasteiger partial charge in [0.25, 0.3) is 0 Å². The van der Waals surface area contributed by atoms with Crippen LogP contribution in [0.1, 0.15) is 0 Å². The molecule has 0 radical (unpaired) electrons. The van der Waals surface area contributed by atoms with Gasteiger partial charge in [-0.2, -0.15) is 0 Å².